The number of ether oxygens (including phenoxy) is 2. The lowest BCUT2D eigenvalue weighted by Crippen LogP contribution is -2.36. The normalized spacial score (nSPS) is 18.2. The Morgan fingerprint density at radius 2 is 2.11 bits per heavy atom. The van der Waals surface area contributed by atoms with Crippen molar-refractivity contribution in [3.63, 3.8) is 0 Å². The van der Waals surface area contributed by atoms with Crippen LogP contribution >= 0.6 is 0 Å². The number of benzene rings is 1. The Morgan fingerprint density at radius 1 is 1.37 bits per heavy atom. The zero-order valence-electron chi connectivity index (χ0n) is 11.6. The van der Waals surface area contributed by atoms with Gasteiger partial charge in [0.15, 0.2) is 0 Å². The van der Waals surface area contributed by atoms with Crippen molar-refractivity contribution in [2.24, 2.45) is 11.8 Å². The van der Waals surface area contributed by atoms with Gasteiger partial charge in [0.2, 0.25) is 0 Å². The van der Waals surface area contributed by atoms with Gasteiger partial charge < -0.3 is 9.47 Å². The predicted molar refractivity (Wildman–Crippen MR) is 75.8 cm³/mol. The first kappa shape index (κ1) is 14.3. The standard InChI is InChI=1S/C15H24N2O2/c1-2-9-19-14-6-4-3-5-13(14)15(17-16)12-7-10-18-11-8-12/h3-6,12,15,17H,2,7-11,16H2,1H3. The number of nitrogens with two attached hydrogens (primary N) is 1. The monoisotopic (exact) mass is 264 g/mol. The Bertz CT molecular complexity index is 378. The van der Waals surface area contributed by atoms with Gasteiger partial charge in [0, 0.05) is 18.8 Å². The molecule has 1 saturated heterocycles. The molecule has 1 heterocycles. The zero-order chi connectivity index (χ0) is 13.5. The van der Waals surface area contributed by atoms with Crippen molar-refractivity contribution in [1.82, 2.24) is 5.43 Å². The Balaban J connectivity index is 2.16. The fourth-order valence-corrected chi connectivity index (χ4v) is 2.61. The highest BCUT2D eigenvalue weighted by Gasteiger charge is 2.26. The Morgan fingerprint density at radius 3 is 2.79 bits per heavy atom. The molecule has 0 amide bonds. The molecule has 19 heavy (non-hydrogen) atoms. The molecule has 1 aromatic carbocycles. The molecule has 1 aromatic rings. The maximum Gasteiger partial charge on any atom is 0.124 e. The Kier molecular flexibility index (Phi) is 5.63. The van der Waals surface area contributed by atoms with Crippen molar-refractivity contribution >= 4 is 0 Å². The quantitative estimate of drug-likeness (QED) is 0.612. The second kappa shape index (κ2) is 7.48. The van der Waals surface area contributed by atoms with E-state index in [1.807, 2.05) is 18.2 Å². The predicted octanol–water partition coefficient (Wildman–Crippen LogP) is 2.41. The number of hydrogen-bond acceptors (Lipinski definition) is 4. The van der Waals surface area contributed by atoms with Crippen molar-refractivity contribution in [2.45, 2.75) is 32.2 Å². The molecule has 106 valence electrons. The SMILES string of the molecule is CCCOc1ccccc1C(NN)C1CCOCC1. The minimum absolute atomic E-state index is 0.136. The summed E-state index contributed by atoms with van der Waals surface area (Å²) in [5, 5.41) is 0. The van der Waals surface area contributed by atoms with Gasteiger partial charge in [-0.15, -0.1) is 0 Å². The van der Waals surface area contributed by atoms with Gasteiger partial charge in [0.1, 0.15) is 5.75 Å². The lowest BCUT2D eigenvalue weighted by molar-refractivity contribution is 0.0532. The summed E-state index contributed by atoms with van der Waals surface area (Å²) in [5.41, 5.74) is 4.13. The average molecular weight is 264 g/mol. The Hall–Kier alpha value is -1.10. The molecule has 1 atom stereocenters. The Labute approximate surface area is 115 Å². The van der Waals surface area contributed by atoms with Crippen LogP contribution < -0.4 is 16.0 Å². The van der Waals surface area contributed by atoms with Crippen LogP contribution in [0.15, 0.2) is 24.3 Å². The maximum absolute atomic E-state index is 5.83. The van der Waals surface area contributed by atoms with E-state index in [0.717, 1.165) is 50.4 Å². The molecule has 1 aliphatic heterocycles. The van der Waals surface area contributed by atoms with Gasteiger partial charge in [0.05, 0.1) is 12.6 Å². The third-order valence-corrected chi connectivity index (χ3v) is 3.63. The number of hydrogen-bond donors (Lipinski definition) is 2. The molecule has 1 fully saturated rings. The highest BCUT2D eigenvalue weighted by Crippen LogP contribution is 2.34. The van der Waals surface area contributed by atoms with Crippen LogP contribution in [0.5, 0.6) is 5.75 Å². The molecule has 4 heteroatoms. The molecule has 0 radical (unpaired) electrons. The minimum Gasteiger partial charge on any atom is -0.493 e. The fraction of sp³-hybridized carbons (Fsp3) is 0.600. The second-order valence-electron chi connectivity index (χ2n) is 4.98. The molecule has 1 unspecified atom stereocenters. The van der Waals surface area contributed by atoms with Crippen LogP contribution in [-0.4, -0.2) is 19.8 Å². The van der Waals surface area contributed by atoms with Gasteiger partial charge in [-0.05, 0) is 31.2 Å². The van der Waals surface area contributed by atoms with Gasteiger partial charge >= 0.3 is 0 Å². The summed E-state index contributed by atoms with van der Waals surface area (Å²) in [7, 11) is 0. The van der Waals surface area contributed by atoms with E-state index in [4.69, 9.17) is 15.3 Å². The molecule has 0 bridgehead atoms. The lowest BCUT2D eigenvalue weighted by Gasteiger charge is -2.31. The summed E-state index contributed by atoms with van der Waals surface area (Å²) < 4.78 is 11.3. The topological polar surface area (TPSA) is 56.5 Å². The smallest absolute Gasteiger partial charge is 0.124 e. The molecule has 0 aliphatic carbocycles. The molecule has 4 nitrogen and oxygen atoms in total. The van der Waals surface area contributed by atoms with E-state index in [1.165, 1.54) is 0 Å². The largest absolute Gasteiger partial charge is 0.493 e. The molecule has 0 spiro atoms. The van der Waals surface area contributed by atoms with Crippen molar-refractivity contribution < 1.29 is 9.47 Å². The van der Waals surface area contributed by atoms with E-state index < -0.39 is 0 Å². The summed E-state index contributed by atoms with van der Waals surface area (Å²) in [6, 6.07) is 8.31. The van der Waals surface area contributed by atoms with Crippen LogP contribution in [0.4, 0.5) is 0 Å². The first-order valence-corrected chi connectivity index (χ1v) is 7.12. The van der Waals surface area contributed by atoms with E-state index in [0.29, 0.717) is 5.92 Å². The number of hydrazine groups is 1. The summed E-state index contributed by atoms with van der Waals surface area (Å²) in [6.07, 6.45) is 3.08. The van der Waals surface area contributed by atoms with Gasteiger partial charge in [-0.2, -0.15) is 0 Å². The van der Waals surface area contributed by atoms with Crippen molar-refractivity contribution in [1.29, 1.82) is 0 Å². The molecule has 0 aromatic heterocycles. The highest BCUT2D eigenvalue weighted by molar-refractivity contribution is 5.36. The van der Waals surface area contributed by atoms with Crippen LogP contribution in [0, 0.1) is 5.92 Å². The minimum atomic E-state index is 0.136. The van der Waals surface area contributed by atoms with Crippen LogP contribution in [0.2, 0.25) is 0 Å². The first-order valence-electron chi connectivity index (χ1n) is 7.12. The van der Waals surface area contributed by atoms with E-state index in [2.05, 4.69) is 18.4 Å². The van der Waals surface area contributed by atoms with Crippen LogP contribution in [0.1, 0.15) is 37.8 Å². The third kappa shape index (κ3) is 3.69. The number of rotatable bonds is 6. The van der Waals surface area contributed by atoms with E-state index in [1.54, 1.807) is 0 Å². The van der Waals surface area contributed by atoms with Crippen molar-refractivity contribution in [3.05, 3.63) is 29.8 Å². The van der Waals surface area contributed by atoms with Gasteiger partial charge in [-0.25, -0.2) is 0 Å². The maximum atomic E-state index is 5.83. The summed E-state index contributed by atoms with van der Waals surface area (Å²) in [5.74, 6) is 7.23. The first-order chi connectivity index (χ1) is 9.36. The van der Waals surface area contributed by atoms with E-state index in [9.17, 15) is 0 Å². The van der Waals surface area contributed by atoms with Gasteiger partial charge in [-0.1, -0.05) is 25.1 Å². The van der Waals surface area contributed by atoms with Crippen LogP contribution in [0.25, 0.3) is 0 Å². The van der Waals surface area contributed by atoms with Crippen LogP contribution in [-0.2, 0) is 4.74 Å². The molecule has 2 rings (SSSR count). The highest BCUT2D eigenvalue weighted by atomic mass is 16.5. The average Bonchev–Trinajstić information content (AvgIpc) is 2.48. The van der Waals surface area contributed by atoms with E-state index in [-0.39, 0.29) is 6.04 Å². The van der Waals surface area contributed by atoms with E-state index >= 15 is 0 Å². The van der Waals surface area contributed by atoms with Gasteiger partial charge in [0.25, 0.3) is 0 Å². The summed E-state index contributed by atoms with van der Waals surface area (Å²) in [6.45, 7) is 4.49. The number of nitrogens with one attached hydrogen (secondary N) is 1. The zero-order valence-corrected chi connectivity index (χ0v) is 11.6. The van der Waals surface area contributed by atoms with Crippen LogP contribution in [0.3, 0.4) is 0 Å². The van der Waals surface area contributed by atoms with Crippen molar-refractivity contribution in [3.8, 4) is 5.75 Å². The molecular formula is C15H24N2O2. The molecular weight excluding hydrogens is 240 g/mol. The number of para-hydroxylation sites is 1. The second-order valence-corrected chi connectivity index (χ2v) is 4.98. The van der Waals surface area contributed by atoms with Crippen molar-refractivity contribution in [2.75, 3.05) is 19.8 Å². The lowest BCUT2D eigenvalue weighted by atomic mass is 9.87. The molecule has 0 saturated carbocycles. The third-order valence-electron chi connectivity index (χ3n) is 3.63. The fourth-order valence-electron chi connectivity index (χ4n) is 2.61. The molecule has 3 N–H and O–H groups in total. The summed E-state index contributed by atoms with van der Waals surface area (Å²) >= 11 is 0. The summed E-state index contributed by atoms with van der Waals surface area (Å²) in [4.78, 5) is 0. The molecule has 1 aliphatic rings. The van der Waals surface area contributed by atoms with Gasteiger partial charge in [-0.3, -0.25) is 11.3 Å².